The van der Waals surface area contributed by atoms with Crippen LogP contribution in [0.2, 0.25) is 0 Å². The Hall–Kier alpha value is -1.92. The van der Waals surface area contributed by atoms with Gasteiger partial charge in [-0.2, -0.15) is 0 Å². The maximum absolute atomic E-state index is 12.2. The van der Waals surface area contributed by atoms with Gasteiger partial charge in [0.25, 0.3) is 0 Å². The van der Waals surface area contributed by atoms with Gasteiger partial charge in [-0.25, -0.2) is 4.79 Å². The molecule has 6 heteroatoms. The van der Waals surface area contributed by atoms with E-state index in [9.17, 15) is 9.59 Å². The predicted octanol–water partition coefficient (Wildman–Crippen LogP) is 2.14. The number of nitrogens with zero attached hydrogens (tertiary/aromatic N) is 2. The molecule has 1 aromatic rings. The highest BCUT2D eigenvalue weighted by Gasteiger charge is 2.25. The van der Waals surface area contributed by atoms with Crippen molar-refractivity contribution >= 4 is 12.4 Å². The second-order valence-corrected chi connectivity index (χ2v) is 6.32. The molecule has 1 aliphatic rings. The number of benzene rings is 1. The summed E-state index contributed by atoms with van der Waals surface area (Å²) in [4.78, 5) is 26.6. The minimum absolute atomic E-state index is 0.227. The fraction of sp³-hybridized carbons (Fsp3) is 0.556. The molecule has 6 nitrogen and oxygen atoms in total. The third-order valence-electron chi connectivity index (χ3n) is 4.11. The van der Waals surface area contributed by atoms with Crippen LogP contribution in [0.3, 0.4) is 0 Å². The Balaban J connectivity index is 1.77. The summed E-state index contributed by atoms with van der Waals surface area (Å²) in [7, 11) is 3.60. The van der Waals surface area contributed by atoms with Crippen molar-refractivity contribution in [3.63, 3.8) is 0 Å². The fourth-order valence-electron chi connectivity index (χ4n) is 2.72. The minimum Gasteiger partial charge on any atom is -0.445 e. The fourth-order valence-corrected chi connectivity index (χ4v) is 2.72. The molecule has 0 radical (unpaired) electrons. The van der Waals surface area contributed by atoms with E-state index in [1.165, 1.54) is 0 Å². The van der Waals surface area contributed by atoms with Gasteiger partial charge in [0.2, 0.25) is 0 Å². The Morgan fingerprint density at radius 2 is 2.12 bits per heavy atom. The zero-order valence-corrected chi connectivity index (χ0v) is 14.4. The Bertz CT molecular complexity index is 521. The van der Waals surface area contributed by atoms with E-state index in [-0.39, 0.29) is 18.6 Å². The Labute approximate surface area is 143 Å². The molecule has 1 aromatic carbocycles. The summed E-state index contributed by atoms with van der Waals surface area (Å²) in [6.07, 6.45) is 1.87. The summed E-state index contributed by atoms with van der Waals surface area (Å²) in [5.41, 5.74) is 0.975. The van der Waals surface area contributed by atoms with Crippen LogP contribution in [0.1, 0.15) is 18.4 Å². The summed E-state index contributed by atoms with van der Waals surface area (Å²) in [5.74, 6) is 0.227. The van der Waals surface area contributed by atoms with Crippen molar-refractivity contribution < 1.29 is 19.1 Å². The predicted molar refractivity (Wildman–Crippen MR) is 90.4 cm³/mol. The highest BCUT2D eigenvalue weighted by molar-refractivity contribution is 5.67. The first-order valence-electron chi connectivity index (χ1n) is 8.29. The number of carbonyl (C=O) groups is 2. The first kappa shape index (κ1) is 18.4. The number of hydrogen-bond acceptors (Lipinski definition) is 5. The van der Waals surface area contributed by atoms with E-state index in [2.05, 4.69) is 0 Å². The van der Waals surface area contributed by atoms with Crippen LogP contribution in [0.25, 0.3) is 0 Å². The standard InChI is InChI=1S/C18H26N2O4/c1-19(2)17(12-21)23-14-16-9-6-10-20(11-16)18(22)24-13-15-7-4-3-5-8-15/h3-5,7-8,12,16-17H,6,9-11,13-14H2,1-2H3. The van der Waals surface area contributed by atoms with E-state index in [0.717, 1.165) is 24.7 Å². The second kappa shape index (κ2) is 9.39. The summed E-state index contributed by atoms with van der Waals surface area (Å²) < 4.78 is 11.0. The first-order valence-corrected chi connectivity index (χ1v) is 8.29. The summed E-state index contributed by atoms with van der Waals surface area (Å²) in [5, 5.41) is 0. The molecule has 1 fully saturated rings. The van der Waals surface area contributed by atoms with E-state index >= 15 is 0 Å². The zero-order chi connectivity index (χ0) is 17.4. The number of likely N-dealkylation sites (N-methyl/N-ethyl adjacent to an activating group) is 1. The molecule has 2 atom stereocenters. The van der Waals surface area contributed by atoms with Crippen LogP contribution in [0.5, 0.6) is 0 Å². The average molecular weight is 334 g/mol. The van der Waals surface area contributed by atoms with Gasteiger partial charge in [-0.05, 0) is 32.5 Å². The normalized spacial score (nSPS) is 19.1. The van der Waals surface area contributed by atoms with Crippen molar-refractivity contribution in [1.29, 1.82) is 0 Å². The van der Waals surface area contributed by atoms with E-state index in [1.807, 2.05) is 30.3 Å². The van der Waals surface area contributed by atoms with Crippen molar-refractivity contribution in [3.05, 3.63) is 35.9 Å². The average Bonchev–Trinajstić information content (AvgIpc) is 2.61. The third kappa shape index (κ3) is 5.62. The number of aldehydes is 1. The van der Waals surface area contributed by atoms with Gasteiger partial charge in [0.1, 0.15) is 6.61 Å². The Morgan fingerprint density at radius 1 is 1.38 bits per heavy atom. The van der Waals surface area contributed by atoms with E-state index in [4.69, 9.17) is 9.47 Å². The lowest BCUT2D eigenvalue weighted by molar-refractivity contribution is -0.130. The molecule has 0 bridgehead atoms. The molecule has 2 rings (SSSR count). The molecule has 0 N–H and O–H groups in total. The highest BCUT2D eigenvalue weighted by Crippen LogP contribution is 2.18. The molecular formula is C18H26N2O4. The number of rotatable bonds is 7. The molecule has 0 aliphatic carbocycles. The van der Waals surface area contributed by atoms with Gasteiger partial charge in [0.15, 0.2) is 12.5 Å². The molecule has 1 amide bonds. The number of likely N-dealkylation sites (tertiary alicyclic amines) is 1. The molecular weight excluding hydrogens is 308 g/mol. The van der Waals surface area contributed by atoms with Crippen LogP contribution in [0.15, 0.2) is 30.3 Å². The molecule has 132 valence electrons. The van der Waals surface area contributed by atoms with Crippen LogP contribution in [0.4, 0.5) is 4.79 Å². The van der Waals surface area contributed by atoms with Crippen LogP contribution >= 0.6 is 0 Å². The largest absolute Gasteiger partial charge is 0.445 e. The van der Waals surface area contributed by atoms with Gasteiger partial charge in [-0.3, -0.25) is 9.69 Å². The number of hydrogen-bond donors (Lipinski definition) is 0. The quantitative estimate of drug-likeness (QED) is 0.565. The van der Waals surface area contributed by atoms with Crippen molar-refractivity contribution in [2.75, 3.05) is 33.8 Å². The molecule has 24 heavy (non-hydrogen) atoms. The lowest BCUT2D eigenvalue weighted by atomic mass is 9.99. The zero-order valence-electron chi connectivity index (χ0n) is 14.4. The summed E-state index contributed by atoms with van der Waals surface area (Å²) >= 11 is 0. The minimum atomic E-state index is -0.537. The maximum Gasteiger partial charge on any atom is 0.410 e. The van der Waals surface area contributed by atoms with Gasteiger partial charge in [-0.15, -0.1) is 0 Å². The van der Waals surface area contributed by atoms with E-state index < -0.39 is 6.23 Å². The van der Waals surface area contributed by atoms with Gasteiger partial charge in [-0.1, -0.05) is 30.3 Å². The summed E-state index contributed by atoms with van der Waals surface area (Å²) in [6, 6.07) is 9.64. The summed E-state index contributed by atoms with van der Waals surface area (Å²) in [6.45, 7) is 2.05. The van der Waals surface area contributed by atoms with Crippen LogP contribution < -0.4 is 0 Å². The molecule has 1 saturated heterocycles. The Kier molecular flexibility index (Phi) is 7.21. The third-order valence-corrected chi connectivity index (χ3v) is 4.11. The van der Waals surface area contributed by atoms with Crippen molar-refractivity contribution in [3.8, 4) is 0 Å². The molecule has 2 unspecified atom stereocenters. The van der Waals surface area contributed by atoms with Crippen LogP contribution in [-0.4, -0.2) is 62.2 Å². The molecule has 1 heterocycles. The van der Waals surface area contributed by atoms with Crippen LogP contribution in [-0.2, 0) is 20.9 Å². The molecule has 0 saturated carbocycles. The van der Waals surface area contributed by atoms with E-state index in [1.54, 1.807) is 23.9 Å². The number of amides is 1. The lowest BCUT2D eigenvalue weighted by Gasteiger charge is -2.32. The van der Waals surface area contributed by atoms with Gasteiger partial charge in [0.05, 0.1) is 6.61 Å². The first-order chi connectivity index (χ1) is 11.6. The van der Waals surface area contributed by atoms with E-state index in [0.29, 0.717) is 19.7 Å². The van der Waals surface area contributed by atoms with Gasteiger partial charge in [0, 0.05) is 19.0 Å². The van der Waals surface area contributed by atoms with Crippen LogP contribution in [0, 0.1) is 5.92 Å². The van der Waals surface area contributed by atoms with Crippen molar-refractivity contribution in [2.45, 2.75) is 25.7 Å². The Morgan fingerprint density at radius 3 is 2.79 bits per heavy atom. The number of ether oxygens (including phenoxy) is 2. The molecule has 0 spiro atoms. The molecule has 0 aromatic heterocycles. The van der Waals surface area contributed by atoms with Crippen molar-refractivity contribution in [2.24, 2.45) is 5.92 Å². The topological polar surface area (TPSA) is 59.1 Å². The highest BCUT2D eigenvalue weighted by atomic mass is 16.6. The maximum atomic E-state index is 12.2. The smallest absolute Gasteiger partial charge is 0.410 e. The number of piperidine rings is 1. The monoisotopic (exact) mass is 334 g/mol. The second-order valence-electron chi connectivity index (χ2n) is 6.32. The van der Waals surface area contributed by atoms with Gasteiger partial charge < -0.3 is 14.4 Å². The van der Waals surface area contributed by atoms with Crippen molar-refractivity contribution in [1.82, 2.24) is 9.80 Å². The molecule has 1 aliphatic heterocycles. The van der Waals surface area contributed by atoms with Gasteiger partial charge >= 0.3 is 6.09 Å². The SMILES string of the molecule is CN(C)C(C=O)OCC1CCCN(C(=O)OCc2ccccc2)C1. The number of carbonyl (C=O) groups excluding carboxylic acids is 2. The lowest BCUT2D eigenvalue weighted by Crippen LogP contribution is -2.42.